The molecule has 0 bridgehead atoms. The summed E-state index contributed by atoms with van der Waals surface area (Å²) in [5, 5.41) is 4.68. The van der Waals surface area contributed by atoms with Gasteiger partial charge in [-0.3, -0.25) is 0 Å². The first kappa shape index (κ1) is 40.3. The van der Waals surface area contributed by atoms with Gasteiger partial charge in [-0.1, -0.05) is 207 Å². The van der Waals surface area contributed by atoms with E-state index < -0.39 is 0 Å². The fourth-order valence-corrected chi connectivity index (χ4v) is 9.81. The van der Waals surface area contributed by atoms with Gasteiger partial charge in [-0.15, -0.1) is 11.3 Å². The molecule has 9 aromatic carbocycles. The van der Waals surface area contributed by atoms with E-state index >= 15 is 0 Å². The number of aromatic nitrogens is 3. The van der Waals surface area contributed by atoms with Crippen LogP contribution < -0.4 is 0 Å². The second-order valence-electron chi connectivity index (χ2n) is 16.1. The summed E-state index contributed by atoms with van der Waals surface area (Å²) in [6.07, 6.45) is 0. The Hall–Kier alpha value is -8.45. The average Bonchev–Trinajstić information content (AvgIpc) is 3.77. The van der Waals surface area contributed by atoms with Crippen molar-refractivity contribution >= 4 is 59.5 Å². The van der Waals surface area contributed by atoms with Gasteiger partial charge in [0.15, 0.2) is 23.3 Å². The third-order valence-electron chi connectivity index (χ3n) is 11.9. The number of benzene rings is 9. The van der Waals surface area contributed by atoms with Crippen molar-refractivity contribution in [2.24, 2.45) is 9.98 Å². The number of hydrogen-bond donors (Lipinski definition) is 0. The van der Waals surface area contributed by atoms with E-state index in [1.807, 2.05) is 60.7 Å². The zero-order chi connectivity index (χ0) is 44.4. The maximum absolute atomic E-state index is 5.23. The zero-order valence-corrected chi connectivity index (χ0v) is 37.0. The van der Waals surface area contributed by atoms with E-state index in [9.17, 15) is 0 Å². The van der Waals surface area contributed by atoms with Crippen LogP contribution in [-0.2, 0) is 0 Å². The predicted molar refractivity (Wildman–Crippen MR) is 278 cm³/mol. The highest BCUT2D eigenvalue weighted by molar-refractivity contribution is 7.26. The van der Waals surface area contributed by atoms with Gasteiger partial charge in [-0.2, -0.15) is 0 Å². The van der Waals surface area contributed by atoms with E-state index in [0.29, 0.717) is 29.0 Å². The molecule has 0 amide bonds. The van der Waals surface area contributed by atoms with E-state index in [1.165, 1.54) is 20.2 Å². The predicted octanol–water partition coefficient (Wildman–Crippen LogP) is 15.7. The van der Waals surface area contributed by atoms with Crippen molar-refractivity contribution in [3.05, 3.63) is 242 Å². The molecule has 0 radical (unpaired) electrons. The van der Waals surface area contributed by atoms with Gasteiger partial charge in [0.2, 0.25) is 0 Å². The number of nitrogens with zero attached hydrogens (tertiary/aromatic N) is 5. The highest BCUT2D eigenvalue weighted by Gasteiger charge is 2.18. The van der Waals surface area contributed by atoms with Crippen LogP contribution >= 0.6 is 11.3 Å². The largest absolute Gasteiger partial charge is 0.233 e. The highest BCUT2D eigenvalue weighted by atomic mass is 32.1. The van der Waals surface area contributed by atoms with Crippen molar-refractivity contribution in [3.8, 4) is 56.4 Å². The number of fused-ring (bicyclic) bond motifs is 4. The number of aliphatic imine (C=N–C) groups is 2. The van der Waals surface area contributed by atoms with Crippen LogP contribution in [0.5, 0.6) is 0 Å². The smallest absolute Gasteiger partial charge is 0.164 e. The molecule has 0 saturated carbocycles. The molecule has 0 aliphatic carbocycles. The van der Waals surface area contributed by atoms with Gasteiger partial charge in [-0.25, -0.2) is 24.9 Å². The summed E-state index contributed by atoms with van der Waals surface area (Å²) in [6.45, 7) is 6.65. The Bertz CT molecular complexity index is 3650. The van der Waals surface area contributed by atoms with Gasteiger partial charge in [-0.05, 0) is 52.6 Å². The summed E-state index contributed by atoms with van der Waals surface area (Å²) in [6, 6.07) is 75.3. The Labute approximate surface area is 387 Å². The summed E-state index contributed by atoms with van der Waals surface area (Å²) < 4.78 is 2.42. The molecule has 2 aromatic heterocycles. The molecule has 312 valence electrons. The Morgan fingerprint density at radius 2 is 0.970 bits per heavy atom. The third kappa shape index (κ3) is 7.91. The van der Waals surface area contributed by atoms with Gasteiger partial charge in [0.25, 0.3) is 0 Å². The maximum Gasteiger partial charge on any atom is 0.164 e. The molecule has 0 N–H and O–H groups in total. The van der Waals surface area contributed by atoms with E-state index in [0.717, 1.165) is 72.1 Å². The maximum atomic E-state index is 5.23. The minimum absolute atomic E-state index is 0.601. The minimum atomic E-state index is 0.601. The lowest BCUT2D eigenvalue weighted by atomic mass is 9.97. The van der Waals surface area contributed by atoms with Gasteiger partial charge in [0, 0.05) is 64.8 Å². The van der Waals surface area contributed by atoms with E-state index in [-0.39, 0.29) is 0 Å². The van der Waals surface area contributed by atoms with Crippen LogP contribution in [0, 0.1) is 0 Å². The Morgan fingerprint density at radius 1 is 0.424 bits per heavy atom. The second-order valence-corrected chi connectivity index (χ2v) is 17.2. The standard InChI is InChI=1S/C60H41N5S/c1-39(61-57(44-22-8-4-9-23-44)62-40(2)48-31-18-26-42-21-12-13-27-49(42)48)47-37-53(56-54(38-47)51-29-16-17-32-55(51)66-56)43-33-35-46(36-34-43)59-63-58(45-24-10-5-11-25-45)64-60(65-59)52-30-15-14-28-50(52)41-19-6-3-7-20-41/h3-38H,1H2,2H3. The van der Waals surface area contributed by atoms with E-state index in [1.54, 1.807) is 11.3 Å². The van der Waals surface area contributed by atoms with E-state index in [2.05, 4.69) is 171 Å². The molecule has 0 spiro atoms. The molecule has 6 heteroatoms. The van der Waals surface area contributed by atoms with Crippen LogP contribution in [-0.4, -0.2) is 26.5 Å². The first-order valence-electron chi connectivity index (χ1n) is 21.9. The summed E-state index contributed by atoms with van der Waals surface area (Å²) in [5.74, 6) is 2.44. The summed E-state index contributed by atoms with van der Waals surface area (Å²) in [4.78, 5) is 25.7. The molecule has 0 unspecified atom stereocenters. The van der Waals surface area contributed by atoms with Crippen LogP contribution in [0.25, 0.3) is 93.1 Å². The molecule has 11 rings (SSSR count). The quantitative estimate of drug-likeness (QED) is 0.107. The van der Waals surface area contributed by atoms with Crippen LogP contribution in [0.3, 0.4) is 0 Å². The van der Waals surface area contributed by atoms with Crippen LogP contribution in [0.2, 0.25) is 0 Å². The van der Waals surface area contributed by atoms with Crippen molar-refractivity contribution in [1.82, 2.24) is 15.0 Å². The van der Waals surface area contributed by atoms with Gasteiger partial charge in [0.05, 0.1) is 5.70 Å². The molecule has 0 atom stereocenters. The van der Waals surface area contributed by atoms with Crippen molar-refractivity contribution in [3.63, 3.8) is 0 Å². The van der Waals surface area contributed by atoms with Gasteiger partial charge in [0.1, 0.15) is 0 Å². The molecule has 0 fully saturated rings. The Morgan fingerprint density at radius 3 is 1.71 bits per heavy atom. The van der Waals surface area contributed by atoms with Crippen LogP contribution in [0.1, 0.15) is 23.6 Å². The van der Waals surface area contributed by atoms with Gasteiger partial charge >= 0.3 is 0 Å². The summed E-state index contributed by atoms with van der Waals surface area (Å²) in [7, 11) is 0. The first-order chi connectivity index (χ1) is 32.5. The van der Waals surface area contributed by atoms with E-state index in [4.69, 9.17) is 24.9 Å². The number of hydrogen-bond acceptors (Lipinski definition) is 5. The fourth-order valence-electron chi connectivity index (χ4n) is 8.59. The molecule has 66 heavy (non-hydrogen) atoms. The lowest BCUT2D eigenvalue weighted by molar-refractivity contribution is 1.07. The van der Waals surface area contributed by atoms with Gasteiger partial charge < -0.3 is 0 Å². The van der Waals surface area contributed by atoms with Crippen LogP contribution in [0.4, 0.5) is 0 Å². The Balaban J connectivity index is 1.02. The fraction of sp³-hybridized carbons (Fsp3) is 0.0167. The number of rotatable bonds is 9. The number of amidine groups is 1. The zero-order valence-electron chi connectivity index (χ0n) is 36.1. The molecule has 5 nitrogen and oxygen atoms in total. The molecular weight excluding hydrogens is 823 g/mol. The molecule has 0 saturated heterocycles. The number of thiophene rings is 1. The summed E-state index contributed by atoms with van der Waals surface area (Å²) in [5.41, 5.74) is 11.5. The molecule has 0 aliphatic heterocycles. The lowest BCUT2D eigenvalue weighted by Gasteiger charge is -2.13. The minimum Gasteiger partial charge on any atom is -0.233 e. The van der Waals surface area contributed by atoms with Crippen molar-refractivity contribution in [1.29, 1.82) is 0 Å². The average molecular weight is 864 g/mol. The van der Waals surface area contributed by atoms with Crippen molar-refractivity contribution in [2.45, 2.75) is 6.92 Å². The molecule has 2 heterocycles. The van der Waals surface area contributed by atoms with Crippen molar-refractivity contribution < 1.29 is 0 Å². The lowest BCUT2D eigenvalue weighted by Crippen LogP contribution is -2.04. The summed E-state index contributed by atoms with van der Waals surface area (Å²) >= 11 is 1.80. The monoisotopic (exact) mass is 863 g/mol. The molecular formula is C60H41N5S. The SMILES string of the molecule is C=C(N=C(N=C(C)c1cccc2ccccc12)c1ccccc1)c1cc(-c2ccc(-c3nc(-c4ccccc4)nc(-c4ccccc4-c4ccccc4)n3)cc2)c2sc3ccccc3c2c1. The topological polar surface area (TPSA) is 63.4 Å². The molecule has 11 aromatic rings. The van der Waals surface area contributed by atoms with Crippen molar-refractivity contribution in [2.75, 3.05) is 0 Å². The second kappa shape index (κ2) is 17.6. The van der Waals surface area contributed by atoms with Crippen LogP contribution in [0.15, 0.2) is 235 Å². The highest BCUT2D eigenvalue weighted by Crippen LogP contribution is 2.42. The third-order valence-corrected chi connectivity index (χ3v) is 13.1. The first-order valence-corrected chi connectivity index (χ1v) is 22.7. The Kier molecular flexibility index (Phi) is 10.8. The normalized spacial score (nSPS) is 12.0. The molecule has 0 aliphatic rings.